The molecule has 0 radical (unpaired) electrons. The number of likely N-dealkylation sites (tertiary alicyclic amines) is 1. The molecule has 20 heavy (non-hydrogen) atoms. The third-order valence-corrected chi connectivity index (χ3v) is 3.22. The maximum absolute atomic E-state index is 11.8. The van der Waals surface area contributed by atoms with Gasteiger partial charge in [0.15, 0.2) is 0 Å². The molecule has 108 valence electrons. The summed E-state index contributed by atoms with van der Waals surface area (Å²) in [4.78, 5) is 28.6. The number of carbonyl (C=O) groups excluding carboxylic acids is 1. The van der Waals surface area contributed by atoms with Crippen molar-refractivity contribution in [3.05, 3.63) is 24.4 Å². The molecule has 1 amide bonds. The fraction of sp³-hybridized carbons (Fsp3) is 0.462. The van der Waals surface area contributed by atoms with E-state index in [1.165, 1.54) is 0 Å². The van der Waals surface area contributed by atoms with Crippen LogP contribution in [0.4, 0.5) is 5.82 Å². The molecule has 1 aliphatic heterocycles. The summed E-state index contributed by atoms with van der Waals surface area (Å²) in [5.74, 6) is -0.813. The second-order valence-electron chi connectivity index (χ2n) is 4.80. The number of nitrogens with zero attached hydrogens (tertiary/aromatic N) is 2. The standard InChI is InChI=1S/C13H18N4O3/c18-12(16-15-11-5-1-2-6-14-11)9-17-7-3-4-10(8-17)13(19)20/h1-2,5-6,10H,3-4,7-9H2,(H,14,15)(H,16,18)(H,19,20). The molecule has 0 saturated carbocycles. The summed E-state index contributed by atoms with van der Waals surface area (Å²) in [6, 6.07) is 5.33. The number of hydrogen-bond donors (Lipinski definition) is 3. The van der Waals surface area contributed by atoms with E-state index in [0.29, 0.717) is 18.8 Å². The van der Waals surface area contributed by atoms with Gasteiger partial charge in [-0.15, -0.1) is 0 Å². The maximum Gasteiger partial charge on any atom is 0.307 e. The highest BCUT2D eigenvalue weighted by Crippen LogP contribution is 2.16. The summed E-state index contributed by atoms with van der Waals surface area (Å²) >= 11 is 0. The van der Waals surface area contributed by atoms with Crippen molar-refractivity contribution >= 4 is 17.7 Å². The Kier molecular flexibility index (Phi) is 4.89. The molecule has 1 atom stereocenters. The van der Waals surface area contributed by atoms with Gasteiger partial charge in [0, 0.05) is 12.7 Å². The molecule has 0 spiro atoms. The van der Waals surface area contributed by atoms with Gasteiger partial charge in [-0.3, -0.25) is 25.3 Å². The fourth-order valence-corrected chi connectivity index (χ4v) is 2.21. The van der Waals surface area contributed by atoms with Crippen molar-refractivity contribution in [2.45, 2.75) is 12.8 Å². The summed E-state index contributed by atoms with van der Waals surface area (Å²) in [6.07, 6.45) is 3.11. The summed E-state index contributed by atoms with van der Waals surface area (Å²) in [6.45, 7) is 1.36. The number of carbonyl (C=O) groups is 2. The first-order valence-electron chi connectivity index (χ1n) is 6.56. The zero-order valence-electron chi connectivity index (χ0n) is 11.1. The molecular weight excluding hydrogens is 260 g/mol. The molecule has 1 unspecified atom stereocenters. The Morgan fingerprint density at radius 2 is 2.30 bits per heavy atom. The molecular formula is C13H18N4O3. The van der Waals surface area contributed by atoms with Crippen molar-refractivity contribution in [1.82, 2.24) is 15.3 Å². The SMILES string of the molecule is O=C(CN1CCCC(C(=O)O)C1)NNc1ccccn1. The number of anilines is 1. The Bertz CT molecular complexity index is 466. The first-order valence-corrected chi connectivity index (χ1v) is 6.56. The number of rotatable bonds is 5. The second kappa shape index (κ2) is 6.85. The van der Waals surface area contributed by atoms with E-state index < -0.39 is 5.97 Å². The molecule has 1 aromatic heterocycles. The number of piperidine rings is 1. The molecule has 3 N–H and O–H groups in total. The van der Waals surface area contributed by atoms with Crippen LogP contribution in [0.1, 0.15) is 12.8 Å². The molecule has 7 heteroatoms. The lowest BCUT2D eigenvalue weighted by atomic mass is 9.98. The van der Waals surface area contributed by atoms with Crippen molar-refractivity contribution in [3.63, 3.8) is 0 Å². The second-order valence-corrected chi connectivity index (χ2v) is 4.80. The number of aliphatic carboxylic acids is 1. The van der Waals surface area contributed by atoms with Crippen LogP contribution >= 0.6 is 0 Å². The third kappa shape index (κ3) is 4.20. The predicted octanol–water partition coefficient (Wildman–Crippen LogP) is 0.321. The zero-order chi connectivity index (χ0) is 14.4. The highest BCUT2D eigenvalue weighted by Gasteiger charge is 2.26. The Morgan fingerprint density at radius 1 is 1.45 bits per heavy atom. The monoisotopic (exact) mass is 278 g/mol. The van der Waals surface area contributed by atoms with E-state index in [9.17, 15) is 9.59 Å². The van der Waals surface area contributed by atoms with Crippen LogP contribution in [-0.2, 0) is 9.59 Å². The summed E-state index contributed by atoms with van der Waals surface area (Å²) in [7, 11) is 0. The minimum Gasteiger partial charge on any atom is -0.481 e. The van der Waals surface area contributed by atoms with Crippen molar-refractivity contribution in [2.75, 3.05) is 25.1 Å². The normalized spacial score (nSPS) is 19.3. The van der Waals surface area contributed by atoms with E-state index in [1.54, 1.807) is 18.3 Å². The molecule has 0 bridgehead atoms. The first-order chi connectivity index (χ1) is 9.65. The van der Waals surface area contributed by atoms with Crippen molar-refractivity contribution < 1.29 is 14.7 Å². The quantitative estimate of drug-likeness (QED) is 0.672. The van der Waals surface area contributed by atoms with E-state index in [-0.39, 0.29) is 18.4 Å². The highest BCUT2D eigenvalue weighted by atomic mass is 16.4. The van der Waals surface area contributed by atoms with Gasteiger partial charge in [-0.2, -0.15) is 0 Å². The van der Waals surface area contributed by atoms with Gasteiger partial charge < -0.3 is 5.11 Å². The van der Waals surface area contributed by atoms with Gasteiger partial charge in [0.05, 0.1) is 12.5 Å². The molecule has 0 aliphatic carbocycles. The van der Waals surface area contributed by atoms with Gasteiger partial charge in [-0.05, 0) is 31.5 Å². The van der Waals surface area contributed by atoms with Crippen LogP contribution in [0.2, 0.25) is 0 Å². The van der Waals surface area contributed by atoms with Gasteiger partial charge >= 0.3 is 5.97 Å². The topological polar surface area (TPSA) is 94.6 Å². The van der Waals surface area contributed by atoms with Crippen LogP contribution in [0.5, 0.6) is 0 Å². The maximum atomic E-state index is 11.8. The summed E-state index contributed by atoms with van der Waals surface area (Å²) in [5, 5.41) is 8.99. The van der Waals surface area contributed by atoms with Gasteiger partial charge in [-0.1, -0.05) is 6.07 Å². The Hall–Kier alpha value is -2.15. The number of aromatic nitrogens is 1. The number of nitrogens with one attached hydrogen (secondary N) is 2. The molecule has 1 fully saturated rings. The Morgan fingerprint density at radius 3 is 3.00 bits per heavy atom. The van der Waals surface area contributed by atoms with E-state index >= 15 is 0 Å². The van der Waals surface area contributed by atoms with Gasteiger partial charge in [0.2, 0.25) is 0 Å². The summed E-state index contributed by atoms with van der Waals surface area (Å²) < 4.78 is 0. The molecule has 1 aromatic rings. The van der Waals surface area contributed by atoms with Crippen LogP contribution in [0.15, 0.2) is 24.4 Å². The van der Waals surface area contributed by atoms with E-state index in [2.05, 4.69) is 15.8 Å². The number of carboxylic acids is 1. The van der Waals surface area contributed by atoms with E-state index in [0.717, 1.165) is 13.0 Å². The van der Waals surface area contributed by atoms with E-state index in [1.807, 2.05) is 11.0 Å². The lowest BCUT2D eigenvalue weighted by Gasteiger charge is -2.29. The molecule has 1 saturated heterocycles. The van der Waals surface area contributed by atoms with Crippen molar-refractivity contribution in [1.29, 1.82) is 0 Å². The fourth-order valence-electron chi connectivity index (χ4n) is 2.21. The number of carboxylic acid groups (broad SMARTS) is 1. The lowest BCUT2D eigenvalue weighted by Crippen LogP contribution is -2.45. The van der Waals surface area contributed by atoms with Gasteiger partial charge in [0.25, 0.3) is 5.91 Å². The van der Waals surface area contributed by atoms with Crippen LogP contribution in [0, 0.1) is 5.92 Å². The molecule has 2 heterocycles. The highest BCUT2D eigenvalue weighted by molar-refractivity contribution is 5.79. The molecule has 7 nitrogen and oxygen atoms in total. The molecule has 2 rings (SSSR count). The number of hydrogen-bond acceptors (Lipinski definition) is 5. The van der Waals surface area contributed by atoms with Crippen molar-refractivity contribution in [2.24, 2.45) is 5.92 Å². The number of amides is 1. The number of pyridine rings is 1. The minimum absolute atomic E-state index is 0.184. The minimum atomic E-state index is -0.790. The Balaban J connectivity index is 1.75. The van der Waals surface area contributed by atoms with Gasteiger partial charge in [-0.25, -0.2) is 4.98 Å². The van der Waals surface area contributed by atoms with E-state index in [4.69, 9.17) is 5.11 Å². The summed E-state index contributed by atoms with van der Waals surface area (Å²) in [5.41, 5.74) is 5.26. The molecule has 0 aromatic carbocycles. The lowest BCUT2D eigenvalue weighted by molar-refractivity contribution is -0.144. The van der Waals surface area contributed by atoms with Crippen LogP contribution in [-0.4, -0.2) is 46.5 Å². The number of hydrazine groups is 1. The largest absolute Gasteiger partial charge is 0.481 e. The molecule has 1 aliphatic rings. The average Bonchev–Trinajstić information content (AvgIpc) is 2.46. The zero-order valence-corrected chi connectivity index (χ0v) is 11.1. The van der Waals surface area contributed by atoms with Crippen molar-refractivity contribution in [3.8, 4) is 0 Å². The predicted molar refractivity (Wildman–Crippen MR) is 72.8 cm³/mol. The van der Waals surface area contributed by atoms with Crippen LogP contribution in [0.25, 0.3) is 0 Å². The smallest absolute Gasteiger partial charge is 0.307 e. The van der Waals surface area contributed by atoms with Crippen LogP contribution in [0.3, 0.4) is 0 Å². The van der Waals surface area contributed by atoms with Gasteiger partial charge in [0.1, 0.15) is 5.82 Å². The Labute approximate surface area is 117 Å². The third-order valence-electron chi connectivity index (χ3n) is 3.22. The average molecular weight is 278 g/mol. The van der Waals surface area contributed by atoms with Crippen LogP contribution < -0.4 is 10.9 Å². The first kappa shape index (κ1) is 14.3.